The number of benzene rings is 2. The summed E-state index contributed by atoms with van der Waals surface area (Å²) in [6.07, 6.45) is 3.68. The van der Waals surface area contributed by atoms with Crippen molar-refractivity contribution in [1.29, 1.82) is 5.26 Å². The molecule has 0 unspecified atom stereocenters. The van der Waals surface area contributed by atoms with Crippen molar-refractivity contribution in [3.63, 3.8) is 0 Å². The fourth-order valence-electron chi connectivity index (χ4n) is 2.93. The molecule has 2 aromatic rings. The molecule has 2 aromatic carbocycles. The molecule has 26 heavy (non-hydrogen) atoms. The Balaban J connectivity index is 1.51. The lowest BCUT2D eigenvalue weighted by molar-refractivity contribution is -0.119. The van der Waals surface area contributed by atoms with Crippen molar-refractivity contribution < 1.29 is 9.53 Å². The maximum absolute atomic E-state index is 12.2. The molecule has 1 N–H and O–H groups in total. The molecule has 0 aliphatic carbocycles. The maximum Gasteiger partial charge on any atom is 0.259 e. The molecule has 1 aliphatic heterocycles. The van der Waals surface area contributed by atoms with E-state index in [1.807, 2.05) is 30.3 Å². The molecule has 1 amide bonds. The molecule has 6 heteroatoms. The zero-order valence-corrected chi connectivity index (χ0v) is 14.4. The number of ether oxygens (including phenoxy) is 1. The van der Waals surface area contributed by atoms with Crippen LogP contribution in [0.1, 0.15) is 17.5 Å². The summed E-state index contributed by atoms with van der Waals surface area (Å²) < 4.78 is 5.19. The minimum absolute atomic E-state index is 0.0170. The van der Waals surface area contributed by atoms with Crippen molar-refractivity contribution in [3.8, 4) is 11.8 Å². The third kappa shape index (κ3) is 4.61. The molecule has 1 aliphatic rings. The van der Waals surface area contributed by atoms with Gasteiger partial charge in [-0.2, -0.15) is 10.4 Å². The number of nitrogens with one attached hydrogen (secondary N) is 1. The monoisotopic (exact) mass is 348 g/mol. The van der Waals surface area contributed by atoms with Gasteiger partial charge in [0, 0.05) is 12.2 Å². The second-order valence-corrected chi connectivity index (χ2v) is 5.96. The van der Waals surface area contributed by atoms with E-state index in [1.54, 1.807) is 18.3 Å². The van der Waals surface area contributed by atoms with Gasteiger partial charge in [-0.25, -0.2) is 5.43 Å². The van der Waals surface area contributed by atoms with E-state index in [4.69, 9.17) is 10.00 Å². The van der Waals surface area contributed by atoms with Gasteiger partial charge in [-0.3, -0.25) is 4.79 Å². The summed E-state index contributed by atoms with van der Waals surface area (Å²) in [6, 6.07) is 17.2. The molecule has 1 heterocycles. The average Bonchev–Trinajstić information content (AvgIpc) is 2.68. The number of amides is 1. The van der Waals surface area contributed by atoms with E-state index in [0.29, 0.717) is 5.75 Å². The van der Waals surface area contributed by atoms with Crippen LogP contribution in [0.25, 0.3) is 0 Å². The maximum atomic E-state index is 12.2. The number of aryl methyl sites for hydroxylation is 1. The zero-order chi connectivity index (χ0) is 18.2. The van der Waals surface area contributed by atoms with E-state index < -0.39 is 0 Å². The summed E-state index contributed by atoms with van der Waals surface area (Å²) in [5.74, 6) is 0.475. The minimum Gasteiger partial charge on any atom is -0.479 e. The van der Waals surface area contributed by atoms with Gasteiger partial charge in [0.1, 0.15) is 11.8 Å². The summed E-state index contributed by atoms with van der Waals surface area (Å²) in [6.45, 7) is 1.18. The van der Waals surface area contributed by atoms with E-state index in [9.17, 15) is 4.79 Å². The molecular formula is C20H20N4O2. The van der Waals surface area contributed by atoms with E-state index >= 15 is 0 Å². The molecule has 0 bridgehead atoms. The van der Waals surface area contributed by atoms with Crippen molar-refractivity contribution in [2.45, 2.75) is 12.8 Å². The fraction of sp³-hybridized carbons (Fsp3) is 0.250. The highest BCUT2D eigenvalue weighted by molar-refractivity contribution is 5.85. The quantitative estimate of drug-likeness (QED) is 0.643. The lowest BCUT2D eigenvalue weighted by Crippen LogP contribution is -2.38. The SMILES string of the molecule is N#CCOc1ccc(/C=N\NC(=O)CN2CCCc3ccccc32)cc1. The van der Waals surface area contributed by atoms with Crippen LogP contribution < -0.4 is 15.1 Å². The topological polar surface area (TPSA) is 77.7 Å². The van der Waals surface area contributed by atoms with Gasteiger partial charge < -0.3 is 9.64 Å². The molecule has 132 valence electrons. The first kappa shape index (κ1) is 17.5. The van der Waals surface area contributed by atoms with Crippen molar-refractivity contribution in [2.24, 2.45) is 5.10 Å². The summed E-state index contributed by atoms with van der Waals surface area (Å²) >= 11 is 0. The Morgan fingerprint density at radius 2 is 2.08 bits per heavy atom. The van der Waals surface area contributed by atoms with Crippen molar-refractivity contribution in [1.82, 2.24) is 5.43 Å². The molecule has 0 fully saturated rings. The minimum atomic E-state index is -0.146. The largest absolute Gasteiger partial charge is 0.479 e. The summed E-state index contributed by atoms with van der Waals surface area (Å²) in [5, 5.41) is 12.5. The van der Waals surface area contributed by atoms with Crippen LogP contribution in [-0.4, -0.2) is 31.8 Å². The lowest BCUT2D eigenvalue weighted by atomic mass is 10.0. The number of fused-ring (bicyclic) bond motifs is 1. The Bertz CT molecular complexity index is 824. The molecule has 0 atom stereocenters. The van der Waals surface area contributed by atoms with Crippen LogP contribution >= 0.6 is 0 Å². The first-order valence-electron chi connectivity index (χ1n) is 8.51. The fourth-order valence-corrected chi connectivity index (χ4v) is 2.93. The van der Waals surface area contributed by atoms with Gasteiger partial charge in [-0.1, -0.05) is 18.2 Å². The molecule has 0 aromatic heterocycles. The number of para-hydroxylation sites is 1. The molecule has 3 rings (SSSR count). The Morgan fingerprint density at radius 3 is 2.88 bits per heavy atom. The molecule has 6 nitrogen and oxygen atoms in total. The number of hydrogen-bond donors (Lipinski definition) is 1. The number of hydrogen-bond acceptors (Lipinski definition) is 5. The van der Waals surface area contributed by atoms with Gasteiger partial charge in [0.2, 0.25) is 0 Å². The van der Waals surface area contributed by atoms with Crippen molar-refractivity contribution >= 4 is 17.8 Å². The van der Waals surface area contributed by atoms with Crippen LogP contribution in [0.15, 0.2) is 53.6 Å². The van der Waals surface area contributed by atoms with Crippen LogP contribution in [0.5, 0.6) is 5.75 Å². The van der Waals surface area contributed by atoms with Gasteiger partial charge in [0.05, 0.1) is 12.8 Å². The first-order valence-corrected chi connectivity index (χ1v) is 8.51. The van der Waals surface area contributed by atoms with Crippen molar-refractivity contribution in [3.05, 3.63) is 59.7 Å². The number of carbonyl (C=O) groups is 1. The van der Waals surface area contributed by atoms with Crippen LogP contribution in [0.4, 0.5) is 5.69 Å². The molecular weight excluding hydrogens is 328 g/mol. The second-order valence-electron chi connectivity index (χ2n) is 5.96. The van der Waals surface area contributed by atoms with E-state index in [0.717, 1.165) is 30.6 Å². The Hall–Kier alpha value is -3.33. The smallest absolute Gasteiger partial charge is 0.259 e. The molecule has 0 saturated carbocycles. The predicted molar refractivity (Wildman–Crippen MR) is 100 cm³/mol. The highest BCUT2D eigenvalue weighted by atomic mass is 16.5. The van der Waals surface area contributed by atoms with E-state index in [-0.39, 0.29) is 19.1 Å². The normalized spacial score (nSPS) is 13.1. The van der Waals surface area contributed by atoms with Gasteiger partial charge in [0.15, 0.2) is 6.61 Å². The van der Waals surface area contributed by atoms with Gasteiger partial charge in [-0.05, 0) is 54.3 Å². The zero-order valence-electron chi connectivity index (χ0n) is 14.4. The number of nitrogens with zero attached hydrogens (tertiary/aromatic N) is 3. The predicted octanol–water partition coefficient (Wildman–Crippen LogP) is 2.49. The Morgan fingerprint density at radius 1 is 1.27 bits per heavy atom. The number of rotatable bonds is 6. The summed E-state index contributed by atoms with van der Waals surface area (Å²) in [4.78, 5) is 14.3. The average molecular weight is 348 g/mol. The van der Waals surface area contributed by atoms with Crippen molar-refractivity contribution in [2.75, 3.05) is 24.6 Å². The standard InChI is InChI=1S/C20H20N4O2/c21-11-13-26-18-9-7-16(8-10-18)14-22-23-20(25)15-24-12-3-5-17-4-1-2-6-19(17)24/h1-2,4,6-10,14H,3,5,12-13,15H2,(H,23,25)/b22-14-. The number of anilines is 1. The van der Waals surface area contributed by atoms with Gasteiger partial charge in [-0.15, -0.1) is 0 Å². The number of nitriles is 1. The molecule has 0 saturated heterocycles. The van der Waals surface area contributed by atoms with Crippen LogP contribution in [0, 0.1) is 11.3 Å². The van der Waals surface area contributed by atoms with Gasteiger partial charge >= 0.3 is 0 Å². The van der Waals surface area contributed by atoms with E-state index in [1.165, 1.54) is 5.56 Å². The van der Waals surface area contributed by atoms with Gasteiger partial charge in [0.25, 0.3) is 5.91 Å². The molecule has 0 radical (unpaired) electrons. The summed E-state index contributed by atoms with van der Waals surface area (Å²) in [5.41, 5.74) is 5.82. The number of carbonyl (C=O) groups excluding carboxylic acids is 1. The third-order valence-electron chi connectivity index (χ3n) is 4.13. The van der Waals surface area contributed by atoms with Crippen LogP contribution in [0.3, 0.4) is 0 Å². The third-order valence-corrected chi connectivity index (χ3v) is 4.13. The van der Waals surface area contributed by atoms with Crippen LogP contribution in [0.2, 0.25) is 0 Å². The summed E-state index contributed by atoms with van der Waals surface area (Å²) in [7, 11) is 0. The highest BCUT2D eigenvalue weighted by Gasteiger charge is 2.18. The van der Waals surface area contributed by atoms with Crippen LogP contribution in [-0.2, 0) is 11.2 Å². The van der Waals surface area contributed by atoms with E-state index in [2.05, 4.69) is 27.6 Å². The Kier molecular flexibility index (Phi) is 5.84. The number of hydrazone groups is 1. The lowest BCUT2D eigenvalue weighted by Gasteiger charge is -2.30. The molecule has 0 spiro atoms. The second kappa shape index (κ2) is 8.67. The Labute approximate surface area is 152 Å². The first-order chi connectivity index (χ1) is 12.8. The highest BCUT2D eigenvalue weighted by Crippen LogP contribution is 2.26.